The molecule has 1 aromatic heterocycles. The number of hydrogen-bond acceptors (Lipinski definition) is 6. The molecule has 6 heteroatoms. The van der Waals surface area contributed by atoms with Crippen LogP contribution in [0.5, 0.6) is 5.75 Å². The van der Waals surface area contributed by atoms with E-state index in [4.69, 9.17) is 10.5 Å². The number of nitrogens with zero attached hydrogens (tertiary/aromatic N) is 2. The Balaban J connectivity index is 2.10. The molecule has 17 heavy (non-hydrogen) atoms. The molecule has 1 aromatic carbocycles. The molecule has 0 bridgehead atoms. The number of hydrogen-bond donors (Lipinski definition) is 1. The molecule has 0 saturated heterocycles. The summed E-state index contributed by atoms with van der Waals surface area (Å²) >= 11 is 3.03. The van der Waals surface area contributed by atoms with Gasteiger partial charge in [0.1, 0.15) is 12.1 Å². The number of aromatic nitrogens is 2. The Morgan fingerprint density at radius 3 is 3.06 bits per heavy atom. The summed E-state index contributed by atoms with van der Waals surface area (Å²) in [7, 11) is 0. The largest absolute Gasteiger partial charge is 0.494 e. The number of anilines is 1. The quantitative estimate of drug-likeness (QED) is 0.666. The highest BCUT2D eigenvalue weighted by Gasteiger charge is 2.06. The Bertz CT molecular complexity index is 474. The molecule has 1 heterocycles. The van der Waals surface area contributed by atoms with Crippen LogP contribution in [0.15, 0.2) is 28.9 Å². The van der Waals surface area contributed by atoms with E-state index in [-0.39, 0.29) is 0 Å². The smallest absolute Gasteiger partial charge is 0.170 e. The van der Waals surface area contributed by atoms with Crippen molar-refractivity contribution < 1.29 is 4.74 Å². The van der Waals surface area contributed by atoms with Crippen molar-refractivity contribution in [1.29, 1.82) is 0 Å². The van der Waals surface area contributed by atoms with Crippen LogP contribution >= 0.6 is 23.3 Å². The fraction of sp³-hybridized carbons (Fsp3) is 0.273. The van der Waals surface area contributed by atoms with Gasteiger partial charge in [0.15, 0.2) is 4.34 Å². The number of ether oxygens (including phenoxy) is 1. The lowest BCUT2D eigenvalue weighted by molar-refractivity contribution is 0.337. The number of nitrogen functional groups attached to an aromatic ring is 1. The van der Waals surface area contributed by atoms with E-state index in [1.165, 1.54) is 11.5 Å². The van der Waals surface area contributed by atoms with Crippen molar-refractivity contribution in [1.82, 2.24) is 9.36 Å². The van der Waals surface area contributed by atoms with Gasteiger partial charge in [0.2, 0.25) is 0 Å². The number of nitrogens with two attached hydrogens (primary N) is 1. The van der Waals surface area contributed by atoms with Crippen LogP contribution in [0.3, 0.4) is 0 Å². The van der Waals surface area contributed by atoms with Crippen LogP contribution in [0.2, 0.25) is 0 Å². The summed E-state index contributed by atoms with van der Waals surface area (Å²) < 4.78 is 10.5. The zero-order valence-electron chi connectivity index (χ0n) is 9.42. The number of thioether (sulfide) groups is 1. The molecular formula is C11H13N3OS2. The minimum absolute atomic E-state index is 0.653. The van der Waals surface area contributed by atoms with E-state index in [0.717, 1.165) is 27.1 Å². The molecular weight excluding hydrogens is 254 g/mol. The first-order chi connectivity index (χ1) is 8.29. The average Bonchev–Trinajstić information content (AvgIpc) is 2.82. The molecule has 0 aliphatic heterocycles. The van der Waals surface area contributed by atoms with Gasteiger partial charge in [-0.1, -0.05) is 11.8 Å². The second-order valence-electron chi connectivity index (χ2n) is 3.30. The van der Waals surface area contributed by atoms with Gasteiger partial charge in [0, 0.05) is 17.0 Å². The maximum Gasteiger partial charge on any atom is 0.170 e. The van der Waals surface area contributed by atoms with Crippen LogP contribution in [0.4, 0.5) is 5.69 Å². The Kier molecular flexibility index (Phi) is 4.22. The van der Waals surface area contributed by atoms with Crippen molar-refractivity contribution in [3.05, 3.63) is 30.1 Å². The van der Waals surface area contributed by atoms with Gasteiger partial charge in [0.25, 0.3) is 0 Å². The number of benzene rings is 1. The summed E-state index contributed by atoms with van der Waals surface area (Å²) in [5, 5.41) is 0. The highest BCUT2D eigenvalue weighted by Crippen LogP contribution is 2.29. The topological polar surface area (TPSA) is 61.0 Å². The van der Waals surface area contributed by atoms with E-state index < -0.39 is 0 Å². The summed E-state index contributed by atoms with van der Waals surface area (Å²) in [4.78, 5) is 4.13. The van der Waals surface area contributed by atoms with Crippen molar-refractivity contribution in [2.24, 2.45) is 0 Å². The van der Waals surface area contributed by atoms with E-state index in [0.29, 0.717) is 6.61 Å². The van der Waals surface area contributed by atoms with Gasteiger partial charge in [-0.3, -0.25) is 0 Å². The van der Waals surface area contributed by atoms with Crippen LogP contribution in [-0.2, 0) is 5.75 Å². The van der Waals surface area contributed by atoms with Crippen molar-refractivity contribution in [2.75, 3.05) is 12.3 Å². The standard InChI is InChI=1S/C11H13N3OS2/c1-2-15-10-4-3-9(12)5-8(10)6-16-11-13-7-14-17-11/h3-5,7H,2,6,12H2,1H3. The van der Waals surface area contributed by atoms with Crippen LogP contribution in [0.25, 0.3) is 0 Å². The lowest BCUT2D eigenvalue weighted by atomic mass is 10.2. The SMILES string of the molecule is CCOc1ccc(N)cc1CSc1ncns1. The maximum absolute atomic E-state index is 5.78. The third-order valence-corrected chi connectivity index (χ3v) is 3.92. The zero-order valence-corrected chi connectivity index (χ0v) is 11.1. The Morgan fingerprint density at radius 1 is 1.47 bits per heavy atom. The van der Waals surface area contributed by atoms with E-state index >= 15 is 0 Å². The molecule has 0 atom stereocenters. The average molecular weight is 267 g/mol. The molecule has 2 rings (SSSR count). The van der Waals surface area contributed by atoms with Crippen molar-refractivity contribution >= 4 is 29.0 Å². The second-order valence-corrected chi connectivity index (χ2v) is 5.30. The first-order valence-electron chi connectivity index (χ1n) is 5.20. The normalized spacial score (nSPS) is 10.4. The fourth-order valence-corrected chi connectivity index (χ4v) is 2.80. The fourth-order valence-electron chi connectivity index (χ4n) is 1.37. The van der Waals surface area contributed by atoms with Crippen LogP contribution < -0.4 is 10.5 Å². The minimum atomic E-state index is 0.653. The molecule has 0 amide bonds. The molecule has 4 nitrogen and oxygen atoms in total. The van der Waals surface area contributed by atoms with Gasteiger partial charge in [-0.25, -0.2) is 4.98 Å². The van der Waals surface area contributed by atoms with Gasteiger partial charge < -0.3 is 10.5 Å². The highest BCUT2D eigenvalue weighted by molar-refractivity contribution is 8.00. The van der Waals surface area contributed by atoms with E-state index in [9.17, 15) is 0 Å². The Labute approximate surface area is 108 Å². The summed E-state index contributed by atoms with van der Waals surface area (Å²) in [6.07, 6.45) is 1.57. The molecule has 2 aromatic rings. The van der Waals surface area contributed by atoms with Crippen LogP contribution in [0, 0.1) is 0 Å². The predicted octanol–water partition coefficient (Wildman–Crippen LogP) is 2.81. The lowest BCUT2D eigenvalue weighted by Crippen LogP contribution is -1.97. The van der Waals surface area contributed by atoms with Crippen molar-refractivity contribution in [3.8, 4) is 5.75 Å². The second kappa shape index (κ2) is 5.88. The third kappa shape index (κ3) is 3.34. The lowest BCUT2D eigenvalue weighted by Gasteiger charge is -2.09. The summed E-state index contributed by atoms with van der Waals surface area (Å²) in [6, 6.07) is 5.71. The summed E-state index contributed by atoms with van der Waals surface area (Å²) in [5.74, 6) is 1.67. The maximum atomic E-state index is 5.78. The van der Waals surface area contributed by atoms with E-state index in [1.807, 2.05) is 25.1 Å². The first-order valence-corrected chi connectivity index (χ1v) is 6.96. The van der Waals surface area contributed by atoms with Crippen LogP contribution in [0.1, 0.15) is 12.5 Å². The third-order valence-electron chi connectivity index (χ3n) is 2.08. The zero-order chi connectivity index (χ0) is 12.1. The predicted molar refractivity (Wildman–Crippen MR) is 71.5 cm³/mol. The summed E-state index contributed by atoms with van der Waals surface area (Å²) in [6.45, 7) is 2.62. The van der Waals surface area contributed by atoms with Crippen molar-refractivity contribution in [2.45, 2.75) is 17.0 Å². The number of rotatable bonds is 5. The van der Waals surface area contributed by atoms with Gasteiger partial charge in [-0.05, 0) is 36.7 Å². The molecule has 0 fully saturated rings. The van der Waals surface area contributed by atoms with Gasteiger partial charge in [-0.15, -0.1) is 0 Å². The van der Waals surface area contributed by atoms with Gasteiger partial charge in [0.05, 0.1) is 6.61 Å². The minimum Gasteiger partial charge on any atom is -0.494 e. The monoisotopic (exact) mass is 267 g/mol. The molecule has 0 saturated carbocycles. The van der Waals surface area contributed by atoms with E-state index in [2.05, 4.69) is 9.36 Å². The Hall–Kier alpha value is -1.27. The molecule has 0 aliphatic rings. The molecule has 2 N–H and O–H groups in total. The van der Waals surface area contributed by atoms with Crippen molar-refractivity contribution in [3.63, 3.8) is 0 Å². The summed E-state index contributed by atoms with van der Waals surface area (Å²) in [5.41, 5.74) is 7.62. The molecule has 90 valence electrons. The van der Waals surface area contributed by atoms with Gasteiger partial charge >= 0.3 is 0 Å². The van der Waals surface area contributed by atoms with Gasteiger partial charge in [-0.2, -0.15) is 4.37 Å². The molecule has 0 aliphatic carbocycles. The molecule has 0 spiro atoms. The molecule has 0 unspecified atom stereocenters. The molecule has 0 radical (unpaired) electrons. The first kappa shape index (κ1) is 12.2. The van der Waals surface area contributed by atoms with E-state index in [1.54, 1.807) is 18.1 Å². The van der Waals surface area contributed by atoms with Crippen LogP contribution in [-0.4, -0.2) is 16.0 Å². The Morgan fingerprint density at radius 2 is 2.35 bits per heavy atom. The highest BCUT2D eigenvalue weighted by atomic mass is 32.2.